The van der Waals surface area contributed by atoms with Gasteiger partial charge in [-0.1, -0.05) is 0 Å². The Hall–Kier alpha value is -1.67. The van der Waals surface area contributed by atoms with Crippen molar-refractivity contribution >= 4 is 21.4 Å². The Morgan fingerprint density at radius 2 is 2.06 bits per heavy atom. The van der Waals surface area contributed by atoms with Crippen LogP contribution >= 0.6 is 0 Å². The second kappa shape index (κ2) is 4.68. The number of nitrogens with one attached hydrogen (secondary N) is 1. The summed E-state index contributed by atoms with van der Waals surface area (Å²) in [6, 6.07) is 2.38. The minimum absolute atomic E-state index is 0.231. The molecule has 0 radical (unpaired) electrons. The number of rotatable bonds is 4. The molecule has 0 saturated heterocycles. The van der Waals surface area contributed by atoms with E-state index < -0.39 is 14.9 Å². The molecule has 0 unspecified atom stereocenters. The van der Waals surface area contributed by atoms with Crippen LogP contribution in [0.2, 0.25) is 0 Å². The molecule has 1 aromatic carbocycles. The highest BCUT2D eigenvalue weighted by atomic mass is 32.2. The number of hydrogen-bond donors (Lipinski definition) is 2. The quantitative estimate of drug-likeness (QED) is 0.617. The third-order valence-electron chi connectivity index (χ3n) is 2.16. The summed E-state index contributed by atoms with van der Waals surface area (Å²) in [7, 11) is -3.95. The number of primary sulfonamides is 1. The van der Waals surface area contributed by atoms with E-state index in [1.807, 2.05) is 0 Å². The lowest BCUT2D eigenvalue weighted by atomic mass is 10.2. The Kier molecular flexibility index (Phi) is 3.69. The number of nitrogens with zero attached hydrogens (tertiary/aromatic N) is 1. The molecule has 0 aliphatic rings. The average molecular weight is 259 g/mol. The van der Waals surface area contributed by atoms with Crippen molar-refractivity contribution in [1.82, 2.24) is 0 Å². The van der Waals surface area contributed by atoms with E-state index in [-0.39, 0.29) is 16.3 Å². The topological polar surface area (TPSA) is 115 Å². The summed E-state index contributed by atoms with van der Waals surface area (Å²) in [5.41, 5.74) is 0.345. The zero-order valence-corrected chi connectivity index (χ0v) is 10.2. The van der Waals surface area contributed by atoms with Crippen LogP contribution in [-0.4, -0.2) is 19.9 Å². The minimum atomic E-state index is -3.95. The van der Waals surface area contributed by atoms with Crippen molar-refractivity contribution in [3.63, 3.8) is 0 Å². The van der Waals surface area contributed by atoms with Crippen molar-refractivity contribution in [1.29, 1.82) is 0 Å². The molecule has 0 saturated carbocycles. The number of hydrogen-bond acceptors (Lipinski definition) is 5. The number of nitro benzene ring substituents is 1. The number of aryl methyl sites for hydroxylation is 1. The van der Waals surface area contributed by atoms with Gasteiger partial charge in [-0.2, -0.15) is 0 Å². The predicted molar refractivity (Wildman–Crippen MR) is 63.4 cm³/mol. The van der Waals surface area contributed by atoms with Crippen LogP contribution in [0, 0.1) is 17.0 Å². The van der Waals surface area contributed by atoms with E-state index in [1.54, 1.807) is 6.92 Å². The maximum Gasteiger partial charge on any atom is 0.293 e. The van der Waals surface area contributed by atoms with E-state index in [4.69, 9.17) is 5.14 Å². The summed E-state index contributed by atoms with van der Waals surface area (Å²) >= 11 is 0. The average Bonchev–Trinajstić information content (AvgIpc) is 2.15. The van der Waals surface area contributed by atoms with Crippen LogP contribution in [-0.2, 0) is 10.0 Å². The lowest BCUT2D eigenvalue weighted by molar-refractivity contribution is -0.384. The fraction of sp³-hybridized carbons (Fsp3) is 0.333. The van der Waals surface area contributed by atoms with Gasteiger partial charge in [0.2, 0.25) is 10.0 Å². The Labute approximate surface area is 98.8 Å². The van der Waals surface area contributed by atoms with Gasteiger partial charge in [-0.15, -0.1) is 0 Å². The summed E-state index contributed by atoms with van der Waals surface area (Å²) in [4.78, 5) is 9.94. The largest absolute Gasteiger partial charge is 0.380 e. The summed E-state index contributed by atoms with van der Waals surface area (Å²) in [6.45, 7) is 3.81. The number of anilines is 1. The van der Waals surface area contributed by atoms with Gasteiger partial charge in [-0.05, 0) is 25.5 Å². The highest BCUT2D eigenvalue weighted by molar-refractivity contribution is 7.89. The van der Waals surface area contributed by atoms with Gasteiger partial charge in [0, 0.05) is 12.6 Å². The van der Waals surface area contributed by atoms with Crippen LogP contribution < -0.4 is 10.5 Å². The number of benzene rings is 1. The molecule has 7 nitrogen and oxygen atoms in total. The number of nitrogens with two attached hydrogens (primary N) is 1. The fourth-order valence-electron chi connectivity index (χ4n) is 1.47. The van der Waals surface area contributed by atoms with E-state index in [2.05, 4.69) is 5.32 Å². The summed E-state index contributed by atoms with van der Waals surface area (Å²) in [5, 5.41) is 18.6. The van der Waals surface area contributed by atoms with E-state index in [9.17, 15) is 18.5 Å². The third-order valence-corrected chi connectivity index (χ3v) is 3.22. The summed E-state index contributed by atoms with van der Waals surface area (Å²) in [5.74, 6) is 0. The molecule has 0 spiro atoms. The van der Waals surface area contributed by atoms with Crippen LogP contribution in [0.3, 0.4) is 0 Å². The van der Waals surface area contributed by atoms with Crippen molar-refractivity contribution in [2.24, 2.45) is 5.14 Å². The summed E-state index contributed by atoms with van der Waals surface area (Å²) in [6.07, 6.45) is 0. The molecule has 3 N–H and O–H groups in total. The van der Waals surface area contributed by atoms with E-state index in [0.717, 1.165) is 6.07 Å². The van der Waals surface area contributed by atoms with Crippen molar-refractivity contribution in [2.45, 2.75) is 18.7 Å². The van der Waals surface area contributed by atoms with Crippen LogP contribution in [0.1, 0.15) is 12.5 Å². The van der Waals surface area contributed by atoms with Gasteiger partial charge >= 0.3 is 0 Å². The van der Waals surface area contributed by atoms with Crippen molar-refractivity contribution in [3.8, 4) is 0 Å². The van der Waals surface area contributed by atoms with Gasteiger partial charge in [0.05, 0.1) is 9.82 Å². The van der Waals surface area contributed by atoms with Gasteiger partial charge in [-0.3, -0.25) is 10.1 Å². The molecule has 0 atom stereocenters. The maximum absolute atomic E-state index is 11.2. The van der Waals surface area contributed by atoms with Crippen LogP contribution in [0.4, 0.5) is 11.4 Å². The Bertz CT molecular complexity index is 554. The first-order valence-electron chi connectivity index (χ1n) is 4.83. The highest BCUT2D eigenvalue weighted by Gasteiger charge is 2.21. The first-order valence-corrected chi connectivity index (χ1v) is 6.37. The van der Waals surface area contributed by atoms with Crippen LogP contribution in [0.5, 0.6) is 0 Å². The normalized spacial score (nSPS) is 11.2. The molecule has 0 bridgehead atoms. The maximum atomic E-state index is 11.2. The highest BCUT2D eigenvalue weighted by Crippen LogP contribution is 2.29. The van der Waals surface area contributed by atoms with Gasteiger partial charge in [0.25, 0.3) is 5.69 Å². The molecule has 0 amide bonds. The van der Waals surface area contributed by atoms with E-state index in [0.29, 0.717) is 12.1 Å². The van der Waals surface area contributed by atoms with Crippen LogP contribution in [0.25, 0.3) is 0 Å². The molecule has 1 rings (SSSR count). The van der Waals surface area contributed by atoms with Crippen molar-refractivity contribution in [3.05, 3.63) is 27.8 Å². The standard InChI is InChI=1S/C9H13N3O4S/c1-3-11-7-4-6(2)9(17(10,15)16)5-8(7)12(13)14/h4-5,11H,3H2,1-2H3,(H2,10,15,16). The second-order valence-electron chi connectivity index (χ2n) is 3.47. The molecule has 17 heavy (non-hydrogen) atoms. The molecule has 0 aliphatic carbocycles. The first-order chi connectivity index (χ1) is 7.77. The molecule has 0 aliphatic heterocycles. The summed E-state index contributed by atoms with van der Waals surface area (Å²) < 4.78 is 22.5. The number of sulfonamides is 1. The van der Waals surface area contributed by atoms with Gasteiger partial charge in [-0.25, -0.2) is 13.6 Å². The lowest BCUT2D eigenvalue weighted by Crippen LogP contribution is -2.14. The second-order valence-corrected chi connectivity index (χ2v) is 5.00. The van der Waals surface area contributed by atoms with Crippen molar-refractivity contribution < 1.29 is 13.3 Å². The van der Waals surface area contributed by atoms with Gasteiger partial charge < -0.3 is 5.32 Å². The first kappa shape index (κ1) is 13.4. The molecule has 8 heteroatoms. The smallest absolute Gasteiger partial charge is 0.293 e. The molecular formula is C9H13N3O4S. The molecule has 0 heterocycles. The fourth-order valence-corrected chi connectivity index (χ4v) is 2.25. The molecule has 94 valence electrons. The van der Waals surface area contributed by atoms with Gasteiger partial charge in [0.15, 0.2) is 0 Å². The molecule has 1 aromatic rings. The van der Waals surface area contributed by atoms with Crippen molar-refractivity contribution in [2.75, 3.05) is 11.9 Å². The predicted octanol–water partition coefficient (Wildman–Crippen LogP) is 0.982. The lowest BCUT2D eigenvalue weighted by Gasteiger charge is -2.08. The Morgan fingerprint density at radius 3 is 2.47 bits per heavy atom. The molecular weight excluding hydrogens is 246 g/mol. The monoisotopic (exact) mass is 259 g/mol. The molecule has 0 aromatic heterocycles. The third kappa shape index (κ3) is 2.92. The molecule has 0 fully saturated rings. The minimum Gasteiger partial charge on any atom is -0.380 e. The Balaban J connectivity index is 3.51. The van der Waals surface area contributed by atoms with Gasteiger partial charge in [0.1, 0.15) is 5.69 Å². The zero-order chi connectivity index (χ0) is 13.2. The SMILES string of the molecule is CCNc1cc(C)c(S(N)(=O)=O)cc1[N+](=O)[O-]. The van der Waals surface area contributed by atoms with E-state index >= 15 is 0 Å². The Morgan fingerprint density at radius 1 is 1.47 bits per heavy atom. The van der Waals surface area contributed by atoms with E-state index in [1.165, 1.54) is 13.0 Å². The van der Waals surface area contributed by atoms with Crippen LogP contribution in [0.15, 0.2) is 17.0 Å². The zero-order valence-electron chi connectivity index (χ0n) is 9.43. The number of nitro groups is 1.